The molecule has 3 nitrogen and oxygen atoms in total. The van der Waals surface area contributed by atoms with E-state index in [1.54, 1.807) is 0 Å². The van der Waals surface area contributed by atoms with Crippen LogP contribution in [0.5, 0.6) is 0 Å². The molecule has 0 aromatic carbocycles. The second kappa shape index (κ2) is 7.09. The maximum absolute atomic E-state index is 5.70. The molecule has 0 fully saturated rings. The lowest BCUT2D eigenvalue weighted by Crippen LogP contribution is -2.30. The molecule has 0 spiro atoms. The van der Waals surface area contributed by atoms with Crippen molar-refractivity contribution in [2.24, 2.45) is 0 Å². The van der Waals surface area contributed by atoms with Crippen LogP contribution in [0.15, 0.2) is 10.5 Å². The highest BCUT2D eigenvalue weighted by Gasteiger charge is 2.13. The molecule has 1 rings (SSSR count). The van der Waals surface area contributed by atoms with E-state index in [-0.39, 0.29) is 0 Å². The maximum Gasteiger partial charge on any atom is 0.118 e. The molecule has 1 aromatic rings. The van der Waals surface area contributed by atoms with Gasteiger partial charge in [0.15, 0.2) is 0 Å². The maximum atomic E-state index is 5.70. The van der Waals surface area contributed by atoms with E-state index in [2.05, 4.69) is 36.5 Å². The molecule has 0 aliphatic heterocycles. The lowest BCUT2D eigenvalue weighted by Gasteiger charge is -2.23. The minimum Gasteiger partial charge on any atom is -0.465 e. The van der Waals surface area contributed by atoms with E-state index >= 15 is 0 Å². The Morgan fingerprint density at radius 3 is 2.82 bits per heavy atom. The van der Waals surface area contributed by atoms with Crippen LogP contribution in [-0.2, 0) is 13.1 Å². The number of furan rings is 1. The zero-order valence-corrected chi connectivity index (χ0v) is 12.4. The van der Waals surface area contributed by atoms with Crippen molar-refractivity contribution in [3.63, 3.8) is 0 Å². The van der Waals surface area contributed by atoms with Crippen LogP contribution in [0, 0.1) is 6.92 Å². The highest BCUT2D eigenvalue weighted by Crippen LogP contribution is 2.17. The first-order chi connectivity index (χ1) is 8.08. The molecule has 0 aliphatic carbocycles. The smallest absolute Gasteiger partial charge is 0.118 e. The third kappa shape index (κ3) is 4.37. The van der Waals surface area contributed by atoms with Gasteiger partial charge in [-0.2, -0.15) is 11.8 Å². The zero-order valence-electron chi connectivity index (χ0n) is 11.5. The van der Waals surface area contributed by atoms with E-state index in [4.69, 9.17) is 4.42 Å². The topological polar surface area (TPSA) is 28.4 Å². The van der Waals surface area contributed by atoms with Gasteiger partial charge >= 0.3 is 0 Å². The molecule has 0 saturated carbocycles. The van der Waals surface area contributed by atoms with Crippen molar-refractivity contribution in [2.45, 2.75) is 33.0 Å². The summed E-state index contributed by atoms with van der Waals surface area (Å²) in [5.41, 5.74) is 1.30. The monoisotopic (exact) mass is 256 g/mol. The van der Waals surface area contributed by atoms with E-state index in [0.29, 0.717) is 6.04 Å². The first-order valence-electron chi connectivity index (χ1n) is 6.00. The van der Waals surface area contributed by atoms with E-state index in [9.17, 15) is 0 Å². The number of nitrogens with zero attached hydrogens (tertiary/aromatic N) is 1. The largest absolute Gasteiger partial charge is 0.465 e. The molecule has 0 bridgehead atoms. The lowest BCUT2D eigenvalue weighted by molar-refractivity contribution is 0.268. The molecule has 0 saturated heterocycles. The van der Waals surface area contributed by atoms with Crippen LogP contribution in [0.1, 0.15) is 24.0 Å². The third-order valence-corrected chi connectivity index (χ3v) is 3.82. The Morgan fingerprint density at radius 2 is 2.24 bits per heavy atom. The normalized spacial score (nSPS) is 13.3. The second-order valence-corrected chi connectivity index (χ2v) is 5.45. The van der Waals surface area contributed by atoms with Crippen LogP contribution in [0.4, 0.5) is 0 Å². The van der Waals surface area contributed by atoms with Crippen LogP contribution in [0.2, 0.25) is 0 Å². The fraction of sp³-hybridized carbons (Fsp3) is 0.692. The summed E-state index contributed by atoms with van der Waals surface area (Å²) < 4.78 is 5.70. The summed E-state index contributed by atoms with van der Waals surface area (Å²) in [7, 11) is 4.11. The molecule has 1 unspecified atom stereocenters. The van der Waals surface area contributed by atoms with Gasteiger partial charge in [0.2, 0.25) is 0 Å². The quantitative estimate of drug-likeness (QED) is 0.811. The van der Waals surface area contributed by atoms with Crippen molar-refractivity contribution >= 4 is 11.8 Å². The number of rotatable bonds is 7. The molecule has 98 valence electrons. The molecule has 4 heteroatoms. The minimum atomic E-state index is 0.590. The summed E-state index contributed by atoms with van der Waals surface area (Å²) in [5, 5.41) is 3.11. The average molecular weight is 256 g/mol. The summed E-state index contributed by atoms with van der Waals surface area (Å²) in [6.45, 7) is 6.06. The minimum absolute atomic E-state index is 0.590. The molecule has 1 N–H and O–H groups in total. The summed E-state index contributed by atoms with van der Waals surface area (Å²) in [5.74, 6) is 3.22. The first-order valence-corrected chi connectivity index (χ1v) is 7.39. The molecule has 1 heterocycles. The Morgan fingerprint density at radius 1 is 1.53 bits per heavy atom. The lowest BCUT2D eigenvalue weighted by atomic mass is 10.2. The van der Waals surface area contributed by atoms with Crippen molar-refractivity contribution in [1.82, 2.24) is 10.2 Å². The summed E-state index contributed by atoms with van der Waals surface area (Å²) in [4.78, 5) is 2.37. The van der Waals surface area contributed by atoms with Crippen LogP contribution in [0.3, 0.4) is 0 Å². The highest BCUT2D eigenvalue weighted by molar-refractivity contribution is 7.98. The van der Waals surface area contributed by atoms with Crippen LogP contribution in [-0.4, -0.2) is 37.0 Å². The summed E-state index contributed by atoms with van der Waals surface area (Å²) >= 11 is 1.89. The fourth-order valence-corrected chi connectivity index (χ4v) is 2.54. The van der Waals surface area contributed by atoms with E-state index in [0.717, 1.165) is 30.4 Å². The Labute approximate surface area is 109 Å². The van der Waals surface area contributed by atoms with Gasteiger partial charge in [0, 0.05) is 23.9 Å². The molecule has 0 radical (unpaired) electrons. The van der Waals surface area contributed by atoms with Gasteiger partial charge in [0.05, 0.1) is 6.54 Å². The first kappa shape index (κ1) is 14.6. The standard InChI is InChI=1S/C13H24N2OS/c1-10(9-17-5)15(4)8-12-6-13(7-14-3)16-11(12)2/h6,10,14H,7-9H2,1-5H3. The molecular weight excluding hydrogens is 232 g/mol. The molecular formula is C13H24N2OS. The fourth-order valence-electron chi connectivity index (χ4n) is 1.80. The van der Waals surface area contributed by atoms with E-state index in [1.807, 2.05) is 25.7 Å². The van der Waals surface area contributed by atoms with Gasteiger partial charge in [-0.05, 0) is 40.3 Å². The van der Waals surface area contributed by atoms with Crippen LogP contribution in [0.25, 0.3) is 0 Å². The molecule has 1 atom stereocenters. The highest BCUT2D eigenvalue weighted by atomic mass is 32.2. The Balaban J connectivity index is 2.61. The molecule has 0 aliphatic rings. The van der Waals surface area contributed by atoms with E-state index in [1.165, 1.54) is 5.56 Å². The summed E-state index contributed by atoms with van der Waals surface area (Å²) in [6, 6.07) is 2.75. The number of thioether (sulfide) groups is 1. The molecule has 17 heavy (non-hydrogen) atoms. The van der Waals surface area contributed by atoms with Gasteiger partial charge in [0.25, 0.3) is 0 Å². The van der Waals surface area contributed by atoms with Crippen molar-refractivity contribution < 1.29 is 4.42 Å². The van der Waals surface area contributed by atoms with Crippen LogP contribution < -0.4 is 5.32 Å². The SMILES string of the molecule is CNCc1cc(CN(C)C(C)CSC)c(C)o1. The number of hydrogen-bond donors (Lipinski definition) is 1. The van der Waals surface area contributed by atoms with Crippen molar-refractivity contribution in [3.8, 4) is 0 Å². The van der Waals surface area contributed by atoms with Gasteiger partial charge in [-0.3, -0.25) is 4.90 Å². The van der Waals surface area contributed by atoms with Gasteiger partial charge in [-0.15, -0.1) is 0 Å². The number of nitrogens with one attached hydrogen (secondary N) is 1. The summed E-state index contributed by atoms with van der Waals surface area (Å²) in [6.07, 6.45) is 2.15. The van der Waals surface area contributed by atoms with Gasteiger partial charge in [-0.1, -0.05) is 0 Å². The Bertz CT molecular complexity index is 338. The predicted molar refractivity (Wildman–Crippen MR) is 75.5 cm³/mol. The van der Waals surface area contributed by atoms with E-state index < -0.39 is 0 Å². The Kier molecular flexibility index (Phi) is 6.09. The number of hydrogen-bond acceptors (Lipinski definition) is 4. The van der Waals surface area contributed by atoms with Crippen LogP contribution >= 0.6 is 11.8 Å². The molecule has 1 aromatic heterocycles. The average Bonchev–Trinajstić information content (AvgIpc) is 2.60. The van der Waals surface area contributed by atoms with Crippen molar-refractivity contribution in [1.29, 1.82) is 0 Å². The second-order valence-electron chi connectivity index (χ2n) is 4.54. The van der Waals surface area contributed by atoms with Gasteiger partial charge in [-0.25, -0.2) is 0 Å². The third-order valence-electron chi connectivity index (χ3n) is 3.00. The number of aryl methyl sites for hydroxylation is 1. The van der Waals surface area contributed by atoms with Gasteiger partial charge < -0.3 is 9.73 Å². The van der Waals surface area contributed by atoms with Crippen molar-refractivity contribution in [2.75, 3.05) is 26.1 Å². The zero-order chi connectivity index (χ0) is 12.8. The van der Waals surface area contributed by atoms with Gasteiger partial charge in [0.1, 0.15) is 11.5 Å². The Hall–Kier alpha value is -0.450. The van der Waals surface area contributed by atoms with Crippen molar-refractivity contribution in [3.05, 3.63) is 23.2 Å². The predicted octanol–water partition coefficient (Wildman–Crippen LogP) is 2.49. The molecule has 0 amide bonds.